The molecule has 0 radical (unpaired) electrons. The molecule has 1 saturated heterocycles. The Morgan fingerprint density at radius 3 is 2.48 bits per heavy atom. The second-order valence-electron chi connectivity index (χ2n) is 6.94. The number of anilines is 2. The first-order valence-corrected chi connectivity index (χ1v) is 11.8. The van der Waals surface area contributed by atoms with Crippen LogP contribution in [0.15, 0.2) is 44.4 Å². The Labute approximate surface area is 182 Å². The number of nitrogens with zero attached hydrogens (tertiary/aromatic N) is 3. The Bertz CT molecular complexity index is 1210. The number of benzene rings is 1. The lowest BCUT2D eigenvalue weighted by atomic mass is 10.3. The van der Waals surface area contributed by atoms with Crippen LogP contribution in [-0.4, -0.2) is 48.4 Å². The number of amides is 2. The van der Waals surface area contributed by atoms with Gasteiger partial charge in [0.25, 0.3) is 10.0 Å². The van der Waals surface area contributed by atoms with E-state index in [0.29, 0.717) is 30.0 Å². The fraction of sp³-hybridized carbons (Fsp3) is 0.263. The molecule has 0 unspecified atom stereocenters. The second kappa shape index (κ2) is 8.47. The van der Waals surface area contributed by atoms with Crippen LogP contribution in [0.2, 0.25) is 0 Å². The van der Waals surface area contributed by atoms with Crippen LogP contribution in [0.4, 0.5) is 11.4 Å². The van der Waals surface area contributed by atoms with Crippen molar-refractivity contribution in [2.75, 3.05) is 23.1 Å². The van der Waals surface area contributed by atoms with Gasteiger partial charge in [0.1, 0.15) is 4.21 Å². The SMILES string of the molecule is CC(=O)Nc1ccc(NS(=O)(=O)c2cc(-c3noc(C(=O)N4CCCC4)n3)cs2)cc1. The Hall–Kier alpha value is -3.25. The van der Waals surface area contributed by atoms with Gasteiger partial charge in [-0.15, -0.1) is 11.3 Å². The second-order valence-corrected chi connectivity index (χ2v) is 9.76. The first-order valence-electron chi connectivity index (χ1n) is 9.44. The Kier molecular flexibility index (Phi) is 5.74. The van der Waals surface area contributed by atoms with E-state index in [2.05, 4.69) is 20.2 Å². The summed E-state index contributed by atoms with van der Waals surface area (Å²) in [6.07, 6.45) is 1.89. The summed E-state index contributed by atoms with van der Waals surface area (Å²) in [5, 5.41) is 8.01. The number of hydrogen-bond donors (Lipinski definition) is 2. The molecule has 0 atom stereocenters. The summed E-state index contributed by atoms with van der Waals surface area (Å²) in [5.74, 6) is -0.486. The van der Waals surface area contributed by atoms with Gasteiger partial charge in [0.15, 0.2) is 0 Å². The number of sulfonamides is 1. The van der Waals surface area contributed by atoms with Crippen molar-refractivity contribution >= 4 is 44.5 Å². The normalized spacial score (nSPS) is 13.9. The van der Waals surface area contributed by atoms with Crippen molar-refractivity contribution in [1.29, 1.82) is 0 Å². The summed E-state index contributed by atoms with van der Waals surface area (Å²) >= 11 is 1.00. The van der Waals surface area contributed by atoms with Gasteiger partial charge in [-0.25, -0.2) is 8.42 Å². The molecule has 2 N–H and O–H groups in total. The van der Waals surface area contributed by atoms with Crippen LogP contribution < -0.4 is 10.0 Å². The molecule has 162 valence electrons. The quantitative estimate of drug-likeness (QED) is 0.576. The first kappa shape index (κ1) is 21.0. The fourth-order valence-electron chi connectivity index (χ4n) is 3.09. The van der Waals surface area contributed by atoms with E-state index in [1.807, 2.05) is 0 Å². The molecule has 0 spiro atoms. The summed E-state index contributed by atoms with van der Waals surface area (Å²) in [7, 11) is -3.84. The van der Waals surface area contributed by atoms with Gasteiger partial charge in [-0.2, -0.15) is 4.98 Å². The topological polar surface area (TPSA) is 134 Å². The largest absolute Gasteiger partial charge is 0.334 e. The molecule has 0 bridgehead atoms. The summed E-state index contributed by atoms with van der Waals surface area (Å²) in [4.78, 5) is 29.2. The Balaban J connectivity index is 1.47. The van der Waals surface area contributed by atoms with Crippen LogP contribution >= 0.6 is 11.3 Å². The van der Waals surface area contributed by atoms with Gasteiger partial charge >= 0.3 is 11.8 Å². The van der Waals surface area contributed by atoms with Crippen LogP contribution in [0.25, 0.3) is 11.4 Å². The van der Waals surface area contributed by atoms with Gasteiger partial charge < -0.3 is 14.7 Å². The van der Waals surface area contributed by atoms with Crippen LogP contribution in [0.3, 0.4) is 0 Å². The molecule has 1 fully saturated rings. The molecule has 0 saturated carbocycles. The fourth-order valence-corrected chi connectivity index (χ4v) is 5.30. The molecule has 10 nitrogen and oxygen atoms in total. The smallest absolute Gasteiger partial charge is 0.316 e. The van der Waals surface area contributed by atoms with E-state index in [-0.39, 0.29) is 27.7 Å². The molecule has 3 aromatic rings. The number of likely N-dealkylation sites (tertiary alicyclic amines) is 1. The third-order valence-corrected chi connectivity index (χ3v) is 7.38. The van der Waals surface area contributed by atoms with Crippen LogP contribution in [0.5, 0.6) is 0 Å². The van der Waals surface area contributed by atoms with E-state index in [1.54, 1.807) is 34.5 Å². The van der Waals surface area contributed by atoms with E-state index < -0.39 is 10.0 Å². The van der Waals surface area contributed by atoms with Gasteiger partial charge in [-0.1, -0.05) is 5.16 Å². The van der Waals surface area contributed by atoms with Crippen molar-refractivity contribution in [2.24, 2.45) is 0 Å². The standard InChI is InChI=1S/C19H19N5O5S2/c1-12(25)20-14-4-6-15(7-5-14)23-31(27,28)16-10-13(11-30-16)17-21-18(29-22-17)19(26)24-8-2-3-9-24/h4-7,10-11,23H,2-3,8-9H2,1H3,(H,20,25). The molecule has 1 aliphatic rings. The molecule has 2 amide bonds. The van der Waals surface area contributed by atoms with Crippen molar-refractivity contribution < 1.29 is 22.5 Å². The molecule has 3 heterocycles. The third-order valence-electron chi connectivity index (χ3n) is 4.56. The summed E-state index contributed by atoms with van der Waals surface area (Å²) in [6.45, 7) is 2.71. The maximum absolute atomic E-state index is 12.7. The Morgan fingerprint density at radius 2 is 1.81 bits per heavy atom. The molecule has 12 heteroatoms. The molecule has 4 rings (SSSR count). The summed E-state index contributed by atoms with van der Waals surface area (Å²) in [6, 6.07) is 7.71. The lowest BCUT2D eigenvalue weighted by Crippen LogP contribution is -2.27. The number of rotatable bonds is 6. The van der Waals surface area contributed by atoms with Crippen LogP contribution in [0.1, 0.15) is 30.5 Å². The van der Waals surface area contributed by atoms with E-state index >= 15 is 0 Å². The van der Waals surface area contributed by atoms with Crippen molar-refractivity contribution in [3.05, 3.63) is 41.6 Å². The first-order chi connectivity index (χ1) is 14.8. The van der Waals surface area contributed by atoms with Gasteiger partial charge in [0.05, 0.1) is 0 Å². The van der Waals surface area contributed by atoms with Crippen LogP contribution in [0, 0.1) is 0 Å². The number of nitrogens with one attached hydrogen (secondary N) is 2. The number of aromatic nitrogens is 2. The predicted octanol–water partition coefficient (Wildman–Crippen LogP) is 2.79. The maximum Gasteiger partial charge on any atom is 0.316 e. The highest BCUT2D eigenvalue weighted by Crippen LogP contribution is 2.29. The average Bonchev–Trinajstić information content (AvgIpc) is 3.48. The molecule has 31 heavy (non-hydrogen) atoms. The Morgan fingerprint density at radius 1 is 1.13 bits per heavy atom. The zero-order valence-electron chi connectivity index (χ0n) is 16.5. The number of thiophene rings is 1. The van der Waals surface area contributed by atoms with Crippen LogP contribution in [-0.2, 0) is 14.8 Å². The monoisotopic (exact) mass is 461 g/mol. The van der Waals surface area contributed by atoms with Gasteiger partial charge in [-0.05, 0) is 43.2 Å². The van der Waals surface area contributed by atoms with E-state index in [4.69, 9.17) is 4.52 Å². The molecule has 1 aliphatic heterocycles. The molecular weight excluding hydrogens is 442 g/mol. The maximum atomic E-state index is 12.7. The summed E-state index contributed by atoms with van der Waals surface area (Å²) in [5.41, 5.74) is 1.35. The highest BCUT2D eigenvalue weighted by molar-refractivity contribution is 7.94. The number of hydrogen-bond acceptors (Lipinski definition) is 8. The number of carbonyl (C=O) groups is 2. The predicted molar refractivity (Wildman–Crippen MR) is 114 cm³/mol. The molecule has 1 aromatic carbocycles. The van der Waals surface area contributed by atoms with E-state index in [0.717, 1.165) is 24.2 Å². The minimum absolute atomic E-state index is 0.0608. The summed E-state index contributed by atoms with van der Waals surface area (Å²) < 4.78 is 33.0. The zero-order chi connectivity index (χ0) is 22.0. The lowest BCUT2D eigenvalue weighted by Gasteiger charge is -2.10. The van der Waals surface area contributed by atoms with Crippen molar-refractivity contribution in [3.63, 3.8) is 0 Å². The minimum Gasteiger partial charge on any atom is -0.334 e. The lowest BCUT2D eigenvalue weighted by molar-refractivity contribution is -0.114. The van der Waals surface area contributed by atoms with Crippen molar-refractivity contribution in [2.45, 2.75) is 24.0 Å². The van der Waals surface area contributed by atoms with Crippen molar-refractivity contribution in [1.82, 2.24) is 15.0 Å². The molecular formula is C19H19N5O5S2. The van der Waals surface area contributed by atoms with Crippen molar-refractivity contribution in [3.8, 4) is 11.4 Å². The third kappa shape index (κ3) is 4.75. The minimum atomic E-state index is -3.84. The molecule has 0 aliphatic carbocycles. The average molecular weight is 462 g/mol. The van der Waals surface area contributed by atoms with E-state index in [1.165, 1.54) is 13.0 Å². The van der Waals surface area contributed by atoms with E-state index in [9.17, 15) is 18.0 Å². The van der Waals surface area contributed by atoms with Gasteiger partial charge in [0.2, 0.25) is 11.7 Å². The van der Waals surface area contributed by atoms with Gasteiger partial charge in [0, 0.05) is 42.3 Å². The highest BCUT2D eigenvalue weighted by atomic mass is 32.2. The zero-order valence-corrected chi connectivity index (χ0v) is 18.1. The number of carbonyl (C=O) groups excluding carboxylic acids is 2. The molecule has 2 aromatic heterocycles. The van der Waals surface area contributed by atoms with Gasteiger partial charge in [-0.3, -0.25) is 14.3 Å². The highest BCUT2D eigenvalue weighted by Gasteiger charge is 2.26.